The van der Waals surface area contributed by atoms with Crippen molar-refractivity contribution < 1.29 is 19.4 Å². The van der Waals surface area contributed by atoms with Gasteiger partial charge in [0.1, 0.15) is 11.5 Å². The largest absolute Gasteiger partial charge is 0.480 e. The molecular formula is C12H18N2O4. The number of nitriles is 1. The highest BCUT2D eigenvalue weighted by Gasteiger charge is 2.42. The fourth-order valence-corrected chi connectivity index (χ4v) is 2.16. The number of nitrogens with zero attached hydrogens (tertiary/aromatic N) is 1. The Balaban J connectivity index is 2.66. The second-order valence-electron chi connectivity index (χ2n) is 4.55. The van der Waals surface area contributed by atoms with Gasteiger partial charge in [0.15, 0.2) is 0 Å². The molecule has 100 valence electrons. The van der Waals surface area contributed by atoms with Gasteiger partial charge in [0.2, 0.25) is 5.91 Å². The van der Waals surface area contributed by atoms with Crippen molar-refractivity contribution in [1.82, 2.24) is 5.32 Å². The van der Waals surface area contributed by atoms with Gasteiger partial charge in [-0.2, -0.15) is 5.26 Å². The van der Waals surface area contributed by atoms with Crippen LogP contribution in [0.25, 0.3) is 0 Å². The number of methoxy groups -OCH3 is 1. The molecule has 0 bridgehead atoms. The Hall–Kier alpha value is -1.61. The van der Waals surface area contributed by atoms with Crippen LogP contribution in [0.15, 0.2) is 0 Å². The summed E-state index contributed by atoms with van der Waals surface area (Å²) in [6, 6.07) is 1.04. The molecule has 0 radical (unpaired) electrons. The summed E-state index contributed by atoms with van der Waals surface area (Å²) >= 11 is 0. The van der Waals surface area contributed by atoms with Crippen LogP contribution in [0.4, 0.5) is 0 Å². The lowest BCUT2D eigenvalue weighted by Gasteiger charge is -2.22. The minimum atomic E-state index is -1.11. The Labute approximate surface area is 106 Å². The molecule has 1 amide bonds. The van der Waals surface area contributed by atoms with Crippen LogP contribution in [0.2, 0.25) is 0 Å². The Morgan fingerprint density at radius 1 is 1.50 bits per heavy atom. The summed E-state index contributed by atoms with van der Waals surface area (Å²) in [6.07, 6.45) is 2.87. The van der Waals surface area contributed by atoms with Gasteiger partial charge in [-0.1, -0.05) is 12.8 Å². The number of carbonyl (C=O) groups is 2. The van der Waals surface area contributed by atoms with E-state index in [1.54, 1.807) is 0 Å². The number of nitrogens with one attached hydrogen (secondary N) is 1. The number of rotatable bonds is 6. The van der Waals surface area contributed by atoms with Crippen LogP contribution in [-0.4, -0.2) is 36.7 Å². The maximum absolute atomic E-state index is 12.0. The molecule has 1 rings (SSSR count). The Morgan fingerprint density at radius 2 is 2.11 bits per heavy atom. The van der Waals surface area contributed by atoms with E-state index in [0.717, 1.165) is 12.8 Å². The molecule has 6 heteroatoms. The Morgan fingerprint density at radius 3 is 2.56 bits per heavy atom. The van der Waals surface area contributed by atoms with Gasteiger partial charge in [0, 0.05) is 20.1 Å². The lowest BCUT2D eigenvalue weighted by molar-refractivity contribution is -0.143. The van der Waals surface area contributed by atoms with Crippen molar-refractivity contribution in [2.75, 3.05) is 13.7 Å². The van der Waals surface area contributed by atoms with Crippen LogP contribution in [0.5, 0.6) is 0 Å². The summed E-state index contributed by atoms with van der Waals surface area (Å²) in [5.41, 5.74) is -1.04. The van der Waals surface area contributed by atoms with Crippen LogP contribution in [0.3, 0.4) is 0 Å². The molecule has 0 saturated heterocycles. The zero-order valence-electron chi connectivity index (χ0n) is 10.4. The number of amides is 1. The van der Waals surface area contributed by atoms with Crippen LogP contribution in [-0.2, 0) is 14.3 Å². The van der Waals surface area contributed by atoms with Gasteiger partial charge in [-0.25, -0.2) is 4.79 Å². The van der Waals surface area contributed by atoms with Gasteiger partial charge in [-0.15, -0.1) is 0 Å². The number of carboxylic acid groups (broad SMARTS) is 1. The van der Waals surface area contributed by atoms with Crippen molar-refractivity contribution in [3.05, 3.63) is 0 Å². The van der Waals surface area contributed by atoms with Gasteiger partial charge in [0.05, 0.1) is 6.07 Å². The van der Waals surface area contributed by atoms with E-state index in [1.807, 2.05) is 6.07 Å². The normalized spacial score (nSPS) is 18.9. The smallest absolute Gasteiger partial charge is 0.326 e. The summed E-state index contributed by atoms with van der Waals surface area (Å²) in [5, 5.41) is 20.6. The van der Waals surface area contributed by atoms with Gasteiger partial charge >= 0.3 is 5.97 Å². The van der Waals surface area contributed by atoms with Crippen LogP contribution >= 0.6 is 0 Å². The number of ether oxygens (including phenoxy) is 1. The highest BCUT2D eigenvalue weighted by atomic mass is 16.5. The molecule has 1 aliphatic carbocycles. The van der Waals surface area contributed by atoms with Crippen molar-refractivity contribution in [1.29, 1.82) is 5.26 Å². The molecule has 6 nitrogen and oxygen atoms in total. The maximum Gasteiger partial charge on any atom is 0.326 e. The predicted octanol–water partition coefficient (Wildman–Crippen LogP) is 0.676. The number of hydrogen-bond acceptors (Lipinski definition) is 4. The van der Waals surface area contributed by atoms with E-state index in [2.05, 4.69) is 5.32 Å². The van der Waals surface area contributed by atoms with Gasteiger partial charge < -0.3 is 15.2 Å². The Kier molecular flexibility index (Phi) is 5.10. The molecule has 2 N–H and O–H groups in total. The summed E-state index contributed by atoms with van der Waals surface area (Å²) in [6.45, 7) is 0.247. The molecule has 0 aromatic carbocycles. The zero-order chi connectivity index (χ0) is 13.6. The minimum Gasteiger partial charge on any atom is -0.480 e. The van der Waals surface area contributed by atoms with Gasteiger partial charge in [0.25, 0.3) is 0 Å². The third-order valence-electron chi connectivity index (χ3n) is 3.32. The second-order valence-corrected chi connectivity index (χ2v) is 4.55. The monoisotopic (exact) mass is 254 g/mol. The lowest BCUT2D eigenvalue weighted by atomic mass is 9.86. The van der Waals surface area contributed by atoms with Crippen molar-refractivity contribution in [3.63, 3.8) is 0 Å². The van der Waals surface area contributed by atoms with Crippen molar-refractivity contribution >= 4 is 11.9 Å². The summed E-state index contributed by atoms with van der Waals surface area (Å²) < 4.78 is 4.80. The highest BCUT2D eigenvalue weighted by molar-refractivity contribution is 5.89. The second kappa shape index (κ2) is 6.36. The van der Waals surface area contributed by atoms with Crippen LogP contribution in [0.1, 0.15) is 32.1 Å². The van der Waals surface area contributed by atoms with Crippen molar-refractivity contribution in [2.45, 2.75) is 38.1 Å². The molecule has 1 saturated carbocycles. The van der Waals surface area contributed by atoms with Gasteiger partial charge in [-0.3, -0.25) is 4.79 Å². The first-order valence-corrected chi connectivity index (χ1v) is 6.00. The topological polar surface area (TPSA) is 99.4 Å². The molecule has 0 aromatic rings. The number of carbonyl (C=O) groups excluding carboxylic acids is 1. The molecule has 0 aromatic heterocycles. The average Bonchev–Trinajstić information content (AvgIpc) is 2.83. The summed E-state index contributed by atoms with van der Waals surface area (Å²) in [4.78, 5) is 23.0. The Bertz CT molecular complexity index is 356. The summed E-state index contributed by atoms with van der Waals surface area (Å²) in [5.74, 6) is -1.57. The van der Waals surface area contributed by atoms with E-state index >= 15 is 0 Å². The first-order valence-electron chi connectivity index (χ1n) is 6.00. The molecule has 1 fully saturated rings. The van der Waals surface area contributed by atoms with Crippen LogP contribution in [0, 0.1) is 16.7 Å². The average molecular weight is 254 g/mol. The molecule has 0 heterocycles. The lowest BCUT2D eigenvalue weighted by Crippen LogP contribution is -2.47. The van der Waals surface area contributed by atoms with E-state index in [9.17, 15) is 9.59 Å². The van der Waals surface area contributed by atoms with E-state index < -0.39 is 23.3 Å². The van der Waals surface area contributed by atoms with E-state index in [0.29, 0.717) is 12.8 Å². The van der Waals surface area contributed by atoms with E-state index in [-0.39, 0.29) is 13.0 Å². The first kappa shape index (κ1) is 14.5. The molecule has 0 spiro atoms. The fraction of sp³-hybridized carbons (Fsp3) is 0.750. The number of carboxylic acids is 1. The fourth-order valence-electron chi connectivity index (χ4n) is 2.16. The predicted molar refractivity (Wildman–Crippen MR) is 62.6 cm³/mol. The highest BCUT2D eigenvalue weighted by Crippen LogP contribution is 2.37. The first-order chi connectivity index (χ1) is 8.55. The van der Waals surface area contributed by atoms with E-state index in [1.165, 1.54) is 7.11 Å². The maximum atomic E-state index is 12.0. The molecule has 1 atom stereocenters. The molecule has 1 aliphatic rings. The van der Waals surface area contributed by atoms with Crippen molar-refractivity contribution in [3.8, 4) is 6.07 Å². The number of hydrogen-bond donors (Lipinski definition) is 2. The SMILES string of the molecule is COCCC(NC(=O)C1(C#N)CCCC1)C(=O)O. The third kappa shape index (κ3) is 3.20. The number of aliphatic carboxylic acids is 1. The quantitative estimate of drug-likeness (QED) is 0.726. The van der Waals surface area contributed by atoms with Gasteiger partial charge in [-0.05, 0) is 12.8 Å². The zero-order valence-corrected chi connectivity index (χ0v) is 10.4. The third-order valence-corrected chi connectivity index (χ3v) is 3.32. The molecule has 1 unspecified atom stereocenters. The minimum absolute atomic E-state index is 0.194. The molecular weight excluding hydrogens is 236 g/mol. The standard InChI is InChI=1S/C12H18N2O4/c1-18-7-4-9(10(15)16)14-11(17)12(8-13)5-2-3-6-12/h9H,2-7H2,1H3,(H,14,17)(H,15,16). The summed E-state index contributed by atoms with van der Waals surface area (Å²) in [7, 11) is 1.47. The molecule has 0 aliphatic heterocycles. The van der Waals surface area contributed by atoms with Crippen LogP contribution < -0.4 is 5.32 Å². The van der Waals surface area contributed by atoms with Crippen molar-refractivity contribution in [2.24, 2.45) is 5.41 Å². The van der Waals surface area contributed by atoms with E-state index in [4.69, 9.17) is 15.1 Å². The molecule has 18 heavy (non-hydrogen) atoms.